The van der Waals surface area contributed by atoms with Crippen LogP contribution in [0.2, 0.25) is 0 Å². The highest BCUT2D eigenvalue weighted by Gasteiger charge is 2.35. The molecule has 0 aromatic carbocycles. The van der Waals surface area contributed by atoms with Gasteiger partial charge in [-0.2, -0.15) is 0 Å². The van der Waals surface area contributed by atoms with E-state index < -0.39 is 0 Å². The molecule has 2 aliphatic rings. The van der Waals surface area contributed by atoms with Gasteiger partial charge in [0, 0.05) is 32.2 Å². The lowest BCUT2D eigenvalue weighted by atomic mass is 9.91. The van der Waals surface area contributed by atoms with Crippen LogP contribution in [0.4, 0.5) is 0 Å². The van der Waals surface area contributed by atoms with E-state index in [0.29, 0.717) is 6.04 Å². The maximum Gasteiger partial charge on any atom is 0.310 e. The molecule has 0 unspecified atom stereocenters. The van der Waals surface area contributed by atoms with Crippen molar-refractivity contribution in [3.63, 3.8) is 0 Å². The van der Waals surface area contributed by atoms with E-state index in [4.69, 9.17) is 4.74 Å². The third kappa shape index (κ3) is 3.42. The Morgan fingerprint density at radius 1 is 1.35 bits per heavy atom. The Hall–Kier alpha value is -0.610. The van der Waals surface area contributed by atoms with Gasteiger partial charge in [-0.05, 0) is 33.6 Å². The molecule has 0 bridgehead atoms. The van der Waals surface area contributed by atoms with Gasteiger partial charge < -0.3 is 10.1 Å². The number of hydrogen-bond acceptors (Lipinski definition) is 4. The zero-order valence-corrected chi connectivity index (χ0v) is 11.2. The monoisotopic (exact) mass is 240 g/mol. The predicted octanol–water partition coefficient (Wildman–Crippen LogP) is 1.01. The fraction of sp³-hybridized carbons (Fsp3) is 0.923. The molecule has 2 rings (SSSR count). The minimum atomic E-state index is -0.364. The first kappa shape index (κ1) is 12.8. The molecule has 98 valence electrons. The number of rotatable bonds is 1. The van der Waals surface area contributed by atoms with Gasteiger partial charge in [0.15, 0.2) is 0 Å². The minimum absolute atomic E-state index is 0.0190. The summed E-state index contributed by atoms with van der Waals surface area (Å²) >= 11 is 0. The number of carbonyl (C=O) groups excluding carboxylic acids is 1. The van der Waals surface area contributed by atoms with Gasteiger partial charge in [-0.3, -0.25) is 9.69 Å². The Bertz CT molecular complexity index is 286. The van der Waals surface area contributed by atoms with Crippen LogP contribution in [-0.2, 0) is 9.53 Å². The molecule has 2 heterocycles. The molecule has 0 aromatic heterocycles. The Labute approximate surface area is 104 Å². The number of nitrogens with one attached hydrogen (secondary N) is 1. The van der Waals surface area contributed by atoms with E-state index in [1.54, 1.807) is 0 Å². The summed E-state index contributed by atoms with van der Waals surface area (Å²) in [6.45, 7) is 9.84. The van der Waals surface area contributed by atoms with Crippen LogP contribution in [0.3, 0.4) is 0 Å². The third-order valence-electron chi connectivity index (χ3n) is 3.52. The van der Waals surface area contributed by atoms with E-state index in [0.717, 1.165) is 39.0 Å². The molecule has 2 atom stereocenters. The zero-order chi connectivity index (χ0) is 12.5. The third-order valence-corrected chi connectivity index (χ3v) is 3.52. The van der Waals surface area contributed by atoms with Crippen molar-refractivity contribution in [2.45, 2.75) is 45.3 Å². The number of piperidine rings is 1. The number of carbonyl (C=O) groups is 1. The second-order valence-electron chi connectivity index (χ2n) is 6.16. The van der Waals surface area contributed by atoms with E-state index in [1.165, 1.54) is 0 Å². The molecule has 0 saturated carbocycles. The highest BCUT2D eigenvalue weighted by Crippen LogP contribution is 2.25. The number of fused-ring (bicyclic) bond motifs is 1. The van der Waals surface area contributed by atoms with Crippen LogP contribution in [-0.4, -0.2) is 48.7 Å². The maximum absolute atomic E-state index is 12.0. The molecule has 0 amide bonds. The lowest BCUT2D eigenvalue weighted by molar-refractivity contribution is -0.162. The maximum atomic E-state index is 12.0. The number of ether oxygens (including phenoxy) is 1. The van der Waals surface area contributed by atoms with Gasteiger partial charge in [0.05, 0.1) is 5.92 Å². The number of nitrogens with zero attached hydrogens (tertiary/aromatic N) is 1. The van der Waals surface area contributed by atoms with Crippen molar-refractivity contribution in [3.05, 3.63) is 0 Å². The number of piperazine rings is 1. The summed E-state index contributed by atoms with van der Waals surface area (Å²) in [6, 6.07) is 0.627. The van der Waals surface area contributed by atoms with E-state index >= 15 is 0 Å². The van der Waals surface area contributed by atoms with Crippen molar-refractivity contribution >= 4 is 5.97 Å². The molecule has 2 aliphatic heterocycles. The highest BCUT2D eigenvalue weighted by atomic mass is 16.6. The van der Waals surface area contributed by atoms with Gasteiger partial charge in [-0.25, -0.2) is 0 Å². The summed E-state index contributed by atoms with van der Waals surface area (Å²) in [6.07, 6.45) is 2.08. The van der Waals surface area contributed by atoms with Crippen LogP contribution < -0.4 is 5.32 Å². The fourth-order valence-corrected chi connectivity index (χ4v) is 2.67. The second-order valence-corrected chi connectivity index (χ2v) is 6.16. The van der Waals surface area contributed by atoms with Crippen molar-refractivity contribution in [1.29, 1.82) is 0 Å². The fourth-order valence-electron chi connectivity index (χ4n) is 2.67. The van der Waals surface area contributed by atoms with Gasteiger partial charge >= 0.3 is 5.97 Å². The summed E-state index contributed by atoms with van der Waals surface area (Å²) in [7, 11) is 0. The van der Waals surface area contributed by atoms with Crippen LogP contribution in [0.15, 0.2) is 0 Å². The Balaban J connectivity index is 1.89. The number of hydrogen-bond donors (Lipinski definition) is 1. The van der Waals surface area contributed by atoms with Crippen molar-refractivity contribution in [1.82, 2.24) is 10.2 Å². The van der Waals surface area contributed by atoms with Gasteiger partial charge in [-0.1, -0.05) is 0 Å². The van der Waals surface area contributed by atoms with Crippen LogP contribution in [0.5, 0.6) is 0 Å². The molecule has 0 aromatic rings. The molecular weight excluding hydrogens is 216 g/mol. The van der Waals surface area contributed by atoms with Gasteiger partial charge in [0.1, 0.15) is 5.60 Å². The van der Waals surface area contributed by atoms with E-state index in [2.05, 4.69) is 10.2 Å². The van der Waals surface area contributed by atoms with Gasteiger partial charge in [0.2, 0.25) is 0 Å². The summed E-state index contributed by atoms with van der Waals surface area (Å²) in [5.41, 5.74) is -0.364. The van der Waals surface area contributed by atoms with Crippen LogP contribution in [0.1, 0.15) is 33.6 Å². The molecule has 0 radical (unpaired) electrons. The molecule has 4 nitrogen and oxygen atoms in total. The Morgan fingerprint density at radius 2 is 2.12 bits per heavy atom. The molecule has 2 fully saturated rings. The summed E-state index contributed by atoms with van der Waals surface area (Å²) in [5.74, 6) is 0.0538. The van der Waals surface area contributed by atoms with E-state index in [1.807, 2.05) is 20.8 Å². The number of esters is 1. The van der Waals surface area contributed by atoms with Crippen molar-refractivity contribution in [3.8, 4) is 0 Å². The minimum Gasteiger partial charge on any atom is -0.460 e. The highest BCUT2D eigenvalue weighted by molar-refractivity contribution is 5.73. The molecule has 2 saturated heterocycles. The molecule has 1 N–H and O–H groups in total. The van der Waals surface area contributed by atoms with Gasteiger partial charge in [-0.15, -0.1) is 0 Å². The van der Waals surface area contributed by atoms with E-state index in [9.17, 15) is 4.79 Å². The normalized spacial score (nSPS) is 30.8. The first-order chi connectivity index (χ1) is 7.96. The molecule has 17 heavy (non-hydrogen) atoms. The molecule has 4 heteroatoms. The lowest BCUT2D eigenvalue weighted by Gasteiger charge is -2.42. The largest absolute Gasteiger partial charge is 0.460 e. The lowest BCUT2D eigenvalue weighted by Crippen LogP contribution is -2.56. The Kier molecular flexibility index (Phi) is 3.73. The Morgan fingerprint density at radius 3 is 2.82 bits per heavy atom. The van der Waals surface area contributed by atoms with Crippen LogP contribution in [0, 0.1) is 5.92 Å². The van der Waals surface area contributed by atoms with Crippen LogP contribution >= 0.6 is 0 Å². The van der Waals surface area contributed by atoms with Crippen molar-refractivity contribution < 1.29 is 9.53 Å². The summed E-state index contributed by atoms with van der Waals surface area (Å²) < 4.78 is 5.48. The first-order valence-electron chi connectivity index (χ1n) is 6.63. The topological polar surface area (TPSA) is 41.6 Å². The van der Waals surface area contributed by atoms with Crippen LogP contribution in [0.25, 0.3) is 0 Å². The summed E-state index contributed by atoms with van der Waals surface area (Å²) in [4.78, 5) is 14.5. The first-order valence-corrected chi connectivity index (χ1v) is 6.63. The van der Waals surface area contributed by atoms with Gasteiger partial charge in [0.25, 0.3) is 0 Å². The van der Waals surface area contributed by atoms with E-state index in [-0.39, 0.29) is 17.5 Å². The molecule has 0 aliphatic carbocycles. The SMILES string of the molecule is CC(C)(C)OC(=O)[C@H]1CC[C@H]2CNCCN2C1. The average molecular weight is 240 g/mol. The quantitative estimate of drug-likeness (QED) is 0.695. The standard InChI is InChI=1S/C13H24N2O2/c1-13(2,3)17-12(16)10-4-5-11-8-14-6-7-15(11)9-10/h10-11,14H,4-9H2,1-3H3/t10-,11-/m0/s1. The van der Waals surface area contributed by atoms with Crippen molar-refractivity contribution in [2.75, 3.05) is 26.2 Å². The average Bonchev–Trinajstić information content (AvgIpc) is 2.26. The second kappa shape index (κ2) is 4.94. The van der Waals surface area contributed by atoms with Crippen molar-refractivity contribution in [2.24, 2.45) is 5.92 Å². The molecule has 0 spiro atoms. The predicted molar refractivity (Wildman–Crippen MR) is 66.8 cm³/mol. The molecular formula is C13H24N2O2. The summed E-state index contributed by atoms with van der Waals surface area (Å²) in [5, 5.41) is 3.41. The smallest absolute Gasteiger partial charge is 0.310 e. The zero-order valence-electron chi connectivity index (χ0n) is 11.2.